The third-order valence-corrected chi connectivity index (χ3v) is 4.61. The summed E-state index contributed by atoms with van der Waals surface area (Å²) in [6, 6.07) is 19.3. The SMILES string of the molecule is C1=C(c2cc3ccccc3[nH]2)Cc2ccccc2S1. The Labute approximate surface area is 116 Å². The summed E-state index contributed by atoms with van der Waals surface area (Å²) in [6.07, 6.45) is 1.01. The van der Waals surface area contributed by atoms with Gasteiger partial charge in [-0.25, -0.2) is 0 Å². The summed E-state index contributed by atoms with van der Waals surface area (Å²) >= 11 is 1.82. The van der Waals surface area contributed by atoms with Crippen molar-refractivity contribution in [2.24, 2.45) is 0 Å². The Balaban J connectivity index is 1.76. The Bertz CT molecular complexity index is 750. The molecule has 2 heteroatoms. The Morgan fingerprint density at radius 1 is 0.947 bits per heavy atom. The van der Waals surface area contributed by atoms with E-state index in [2.05, 4.69) is 65.0 Å². The molecule has 0 aliphatic carbocycles. The fourth-order valence-electron chi connectivity index (χ4n) is 2.55. The summed E-state index contributed by atoms with van der Waals surface area (Å²) in [5, 5.41) is 3.55. The van der Waals surface area contributed by atoms with Crippen LogP contribution in [0.25, 0.3) is 16.5 Å². The van der Waals surface area contributed by atoms with Crippen molar-refractivity contribution in [3.63, 3.8) is 0 Å². The van der Waals surface area contributed by atoms with Gasteiger partial charge in [-0.2, -0.15) is 0 Å². The quantitative estimate of drug-likeness (QED) is 0.663. The van der Waals surface area contributed by atoms with E-state index in [1.54, 1.807) is 0 Å². The van der Waals surface area contributed by atoms with Crippen LogP contribution in [0.15, 0.2) is 64.9 Å². The standard InChI is InChI=1S/C17H13NS/c1-3-7-15-12(5-1)10-16(18-15)14-9-13-6-2-4-8-17(13)19-11-14/h1-8,10-11,18H,9H2. The van der Waals surface area contributed by atoms with E-state index in [0.717, 1.165) is 6.42 Å². The first-order valence-electron chi connectivity index (χ1n) is 6.42. The summed E-state index contributed by atoms with van der Waals surface area (Å²) in [4.78, 5) is 4.89. The van der Waals surface area contributed by atoms with Gasteiger partial charge in [-0.05, 0) is 40.1 Å². The molecule has 0 spiro atoms. The van der Waals surface area contributed by atoms with Crippen LogP contribution in [-0.4, -0.2) is 4.98 Å². The highest BCUT2D eigenvalue weighted by Gasteiger charge is 2.13. The lowest BCUT2D eigenvalue weighted by molar-refractivity contribution is 1.17. The normalized spacial score (nSPS) is 14.2. The molecular weight excluding hydrogens is 250 g/mol. The van der Waals surface area contributed by atoms with Crippen LogP contribution in [0.3, 0.4) is 0 Å². The first kappa shape index (κ1) is 10.9. The van der Waals surface area contributed by atoms with E-state index in [1.165, 1.54) is 32.6 Å². The predicted octanol–water partition coefficient (Wildman–Crippen LogP) is 4.86. The number of allylic oxidation sites excluding steroid dienone is 1. The highest BCUT2D eigenvalue weighted by molar-refractivity contribution is 8.02. The zero-order chi connectivity index (χ0) is 12.7. The van der Waals surface area contributed by atoms with E-state index >= 15 is 0 Å². The van der Waals surface area contributed by atoms with Crippen molar-refractivity contribution < 1.29 is 0 Å². The summed E-state index contributed by atoms with van der Waals surface area (Å²) in [5.74, 6) is 0. The van der Waals surface area contributed by atoms with Crippen LogP contribution in [0.2, 0.25) is 0 Å². The molecule has 0 atom stereocenters. The van der Waals surface area contributed by atoms with Gasteiger partial charge in [0.1, 0.15) is 0 Å². The number of benzene rings is 2. The van der Waals surface area contributed by atoms with Crippen LogP contribution in [0, 0.1) is 0 Å². The summed E-state index contributed by atoms with van der Waals surface area (Å²) < 4.78 is 0. The van der Waals surface area contributed by atoms with Gasteiger partial charge in [0.05, 0.1) is 0 Å². The first-order valence-corrected chi connectivity index (χ1v) is 7.30. The lowest BCUT2D eigenvalue weighted by Crippen LogP contribution is -1.96. The van der Waals surface area contributed by atoms with E-state index in [4.69, 9.17) is 0 Å². The molecule has 0 saturated heterocycles. The van der Waals surface area contributed by atoms with Crippen LogP contribution in [0.5, 0.6) is 0 Å². The van der Waals surface area contributed by atoms with Crippen molar-refractivity contribution in [1.29, 1.82) is 0 Å². The molecule has 0 unspecified atom stereocenters. The largest absolute Gasteiger partial charge is 0.355 e. The third-order valence-electron chi connectivity index (χ3n) is 3.56. The number of aromatic amines is 1. The minimum absolute atomic E-state index is 1.01. The molecule has 0 amide bonds. The number of nitrogens with one attached hydrogen (secondary N) is 1. The predicted molar refractivity (Wildman–Crippen MR) is 82.3 cm³/mol. The number of para-hydroxylation sites is 1. The van der Waals surface area contributed by atoms with Crippen LogP contribution in [0.4, 0.5) is 0 Å². The summed E-state index contributed by atoms with van der Waals surface area (Å²) in [7, 11) is 0. The highest BCUT2D eigenvalue weighted by atomic mass is 32.2. The maximum atomic E-state index is 3.51. The molecule has 0 saturated carbocycles. The number of fused-ring (bicyclic) bond motifs is 2. The lowest BCUT2D eigenvalue weighted by atomic mass is 10.0. The molecule has 4 rings (SSSR count). The number of hydrogen-bond donors (Lipinski definition) is 1. The molecule has 3 aromatic rings. The molecule has 0 radical (unpaired) electrons. The van der Waals surface area contributed by atoms with Gasteiger partial charge in [-0.3, -0.25) is 0 Å². The Morgan fingerprint density at radius 3 is 2.74 bits per heavy atom. The van der Waals surface area contributed by atoms with Crippen LogP contribution >= 0.6 is 11.8 Å². The van der Waals surface area contributed by atoms with Gasteiger partial charge in [-0.1, -0.05) is 48.2 Å². The monoisotopic (exact) mass is 263 g/mol. The number of thioether (sulfide) groups is 1. The van der Waals surface area contributed by atoms with Crippen molar-refractivity contribution in [2.75, 3.05) is 0 Å². The van der Waals surface area contributed by atoms with Crippen LogP contribution in [0.1, 0.15) is 11.3 Å². The van der Waals surface area contributed by atoms with E-state index in [0.29, 0.717) is 0 Å². The number of H-pyrrole nitrogens is 1. The Morgan fingerprint density at radius 2 is 1.79 bits per heavy atom. The number of hydrogen-bond acceptors (Lipinski definition) is 1. The molecule has 1 N–H and O–H groups in total. The smallest absolute Gasteiger partial charge is 0.0458 e. The van der Waals surface area contributed by atoms with Crippen molar-refractivity contribution in [3.05, 3.63) is 71.3 Å². The van der Waals surface area contributed by atoms with Gasteiger partial charge in [0, 0.05) is 22.5 Å². The van der Waals surface area contributed by atoms with Crippen molar-refractivity contribution in [3.8, 4) is 0 Å². The minimum atomic E-state index is 1.01. The second kappa shape index (κ2) is 4.32. The van der Waals surface area contributed by atoms with Gasteiger partial charge in [0.2, 0.25) is 0 Å². The second-order valence-electron chi connectivity index (χ2n) is 4.82. The minimum Gasteiger partial charge on any atom is -0.355 e. The van der Waals surface area contributed by atoms with Gasteiger partial charge in [0.25, 0.3) is 0 Å². The first-order chi connectivity index (χ1) is 9.40. The Hall–Kier alpha value is -1.93. The molecule has 1 aliphatic heterocycles. The molecule has 19 heavy (non-hydrogen) atoms. The highest BCUT2D eigenvalue weighted by Crippen LogP contribution is 2.36. The number of aromatic nitrogens is 1. The van der Waals surface area contributed by atoms with E-state index in [1.807, 2.05) is 11.8 Å². The van der Waals surface area contributed by atoms with Gasteiger partial charge in [-0.15, -0.1) is 0 Å². The Kier molecular flexibility index (Phi) is 2.49. The fraction of sp³-hybridized carbons (Fsp3) is 0.0588. The van der Waals surface area contributed by atoms with Gasteiger partial charge >= 0.3 is 0 Å². The lowest BCUT2D eigenvalue weighted by Gasteiger charge is -2.15. The van der Waals surface area contributed by atoms with Crippen molar-refractivity contribution in [2.45, 2.75) is 11.3 Å². The topological polar surface area (TPSA) is 15.8 Å². The summed E-state index contributed by atoms with van der Waals surface area (Å²) in [6.45, 7) is 0. The fourth-order valence-corrected chi connectivity index (χ4v) is 3.48. The van der Waals surface area contributed by atoms with E-state index < -0.39 is 0 Å². The van der Waals surface area contributed by atoms with Crippen molar-refractivity contribution >= 4 is 28.2 Å². The van der Waals surface area contributed by atoms with Gasteiger partial charge in [0.15, 0.2) is 0 Å². The maximum Gasteiger partial charge on any atom is 0.0458 e. The molecule has 2 aromatic carbocycles. The molecule has 0 bridgehead atoms. The zero-order valence-corrected chi connectivity index (χ0v) is 11.2. The molecule has 1 aliphatic rings. The molecule has 1 aromatic heterocycles. The molecule has 92 valence electrons. The average molecular weight is 263 g/mol. The maximum absolute atomic E-state index is 3.51. The zero-order valence-electron chi connectivity index (χ0n) is 10.4. The van der Waals surface area contributed by atoms with Gasteiger partial charge < -0.3 is 4.98 Å². The summed E-state index contributed by atoms with van der Waals surface area (Å²) in [5.41, 5.74) is 5.24. The molecular formula is C17H13NS. The van der Waals surface area contributed by atoms with Crippen LogP contribution < -0.4 is 0 Å². The average Bonchev–Trinajstić information content (AvgIpc) is 2.90. The third kappa shape index (κ3) is 1.89. The van der Waals surface area contributed by atoms with E-state index in [-0.39, 0.29) is 0 Å². The van der Waals surface area contributed by atoms with Crippen LogP contribution in [-0.2, 0) is 6.42 Å². The number of rotatable bonds is 1. The molecule has 0 fully saturated rings. The second-order valence-corrected chi connectivity index (χ2v) is 5.73. The van der Waals surface area contributed by atoms with E-state index in [9.17, 15) is 0 Å². The molecule has 2 heterocycles. The molecule has 1 nitrogen and oxygen atoms in total. The van der Waals surface area contributed by atoms with Crippen molar-refractivity contribution in [1.82, 2.24) is 4.98 Å².